The van der Waals surface area contributed by atoms with E-state index in [1.807, 2.05) is 6.92 Å². The minimum Gasteiger partial charge on any atom is -0.396 e. The van der Waals surface area contributed by atoms with Crippen molar-refractivity contribution in [3.63, 3.8) is 0 Å². The van der Waals surface area contributed by atoms with Gasteiger partial charge >= 0.3 is 0 Å². The molecule has 1 aliphatic rings. The van der Waals surface area contributed by atoms with Crippen molar-refractivity contribution >= 4 is 39.1 Å². The maximum absolute atomic E-state index is 13.2. The van der Waals surface area contributed by atoms with Crippen LogP contribution < -0.4 is 5.73 Å². The molecule has 0 bridgehead atoms. The van der Waals surface area contributed by atoms with Gasteiger partial charge in [-0.15, -0.1) is 0 Å². The largest absolute Gasteiger partial charge is 0.396 e. The molecule has 2 rings (SSSR count). The van der Waals surface area contributed by atoms with Crippen molar-refractivity contribution < 1.29 is 12.8 Å². The van der Waals surface area contributed by atoms with Crippen LogP contribution in [0.4, 0.5) is 10.1 Å². The van der Waals surface area contributed by atoms with Crippen LogP contribution in [0.3, 0.4) is 0 Å². The molecule has 1 aromatic rings. The monoisotopic (exact) mass is 324 g/mol. The maximum Gasteiger partial charge on any atom is 0.244 e. The zero-order valence-corrected chi connectivity index (χ0v) is 12.7. The van der Waals surface area contributed by atoms with Crippen LogP contribution in [0.15, 0.2) is 17.0 Å². The number of sulfonamides is 1. The molecule has 1 atom stereocenters. The third kappa shape index (κ3) is 2.84. The fourth-order valence-electron chi connectivity index (χ4n) is 1.94. The Morgan fingerprint density at radius 3 is 2.84 bits per heavy atom. The summed E-state index contributed by atoms with van der Waals surface area (Å²) in [7, 11) is -3.74. The summed E-state index contributed by atoms with van der Waals surface area (Å²) in [5.41, 5.74) is 5.21. The second-order valence-corrected chi connectivity index (χ2v) is 7.76. The summed E-state index contributed by atoms with van der Waals surface area (Å²) in [6.07, 6.45) is 0. The molecule has 106 valence electrons. The van der Waals surface area contributed by atoms with E-state index in [0.29, 0.717) is 6.54 Å². The van der Waals surface area contributed by atoms with Crippen molar-refractivity contribution in [3.8, 4) is 0 Å². The van der Waals surface area contributed by atoms with Gasteiger partial charge in [-0.25, -0.2) is 12.8 Å². The molecule has 0 aromatic heterocycles. The van der Waals surface area contributed by atoms with Crippen LogP contribution in [0, 0.1) is 5.82 Å². The molecule has 0 radical (unpaired) electrons. The quantitative estimate of drug-likeness (QED) is 0.847. The van der Waals surface area contributed by atoms with E-state index in [1.165, 1.54) is 4.31 Å². The van der Waals surface area contributed by atoms with Gasteiger partial charge < -0.3 is 5.73 Å². The Hall–Kier alpha value is -0.500. The first-order chi connectivity index (χ1) is 8.84. The normalized spacial score (nSPS) is 21.5. The Balaban J connectivity index is 2.47. The molecule has 19 heavy (non-hydrogen) atoms. The minimum absolute atomic E-state index is 0.119. The number of halogens is 2. The van der Waals surface area contributed by atoms with Crippen LogP contribution in [-0.2, 0) is 10.0 Å². The zero-order chi connectivity index (χ0) is 14.2. The predicted molar refractivity (Wildman–Crippen MR) is 76.5 cm³/mol. The van der Waals surface area contributed by atoms with E-state index in [0.717, 1.165) is 23.6 Å². The van der Waals surface area contributed by atoms with Gasteiger partial charge in [-0.05, 0) is 19.1 Å². The second-order valence-electron chi connectivity index (χ2n) is 4.34. The highest BCUT2D eigenvalue weighted by atomic mass is 35.5. The SMILES string of the molecule is CC1CSCCN1S(=O)(=O)c1cc(N)c(F)cc1Cl. The van der Waals surface area contributed by atoms with Crippen molar-refractivity contribution in [3.05, 3.63) is 23.0 Å². The van der Waals surface area contributed by atoms with Gasteiger partial charge in [0.05, 0.1) is 10.7 Å². The third-order valence-electron chi connectivity index (χ3n) is 2.94. The summed E-state index contributed by atoms with van der Waals surface area (Å²) in [4.78, 5) is -0.133. The first kappa shape index (κ1) is 14.9. The Bertz CT molecular complexity index is 595. The standard InChI is InChI=1S/C11H14ClFN2O2S2/c1-7-6-18-3-2-15(7)19(16,17)11-5-10(14)9(13)4-8(11)12/h4-5,7H,2-3,6,14H2,1H3. The number of benzene rings is 1. The predicted octanol–water partition coefficient (Wildman–Crippen LogP) is 2.19. The van der Waals surface area contributed by atoms with Crippen molar-refractivity contribution in [1.82, 2.24) is 4.31 Å². The van der Waals surface area contributed by atoms with E-state index in [9.17, 15) is 12.8 Å². The number of nitrogens with zero attached hydrogens (tertiary/aromatic N) is 1. The van der Waals surface area contributed by atoms with Gasteiger partial charge in [0.2, 0.25) is 10.0 Å². The summed E-state index contributed by atoms with van der Waals surface area (Å²) in [5, 5.41) is -0.142. The van der Waals surface area contributed by atoms with E-state index in [2.05, 4.69) is 0 Å². The smallest absolute Gasteiger partial charge is 0.244 e. The van der Waals surface area contributed by atoms with Crippen LogP contribution in [0.5, 0.6) is 0 Å². The van der Waals surface area contributed by atoms with E-state index in [4.69, 9.17) is 17.3 Å². The highest BCUT2D eigenvalue weighted by Gasteiger charge is 2.33. The van der Waals surface area contributed by atoms with Crippen LogP contribution in [0.2, 0.25) is 5.02 Å². The lowest BCUT2D eigenvalue weighted by molar-refractivity contribution is 0.367. The molecule has 1 unspecified atom stereocenters. The molecular formula is C11H14ClFN2O2S2. The summed E-state index contributed by atoms with van der Waals surface area (Å²) in [6, 6.07) is 1.90. The first-order valence-electron chi connectivity index (χ1n) is 5.68. The topological polar surface area (TPSA) is 63.4 Å². The van der Waals surface area contributed by atoms with Gasteiger partial charge in [0.25, 0.3) is 0 Å². The molecule has 0 spiro atoms. The molecular weight excluding hydrogens is 311 g/mol. The number of nitrogen functional groups attached to an aromatic ring is 1. The van der Waals surface area contributed by atoms with Crippen LogP contribution in [-0.4, -0.2) is 36.8 Å². The zero-order valence-electron chi connectivity index (χ0n) is 10.3. The molecule has 1 heterocycles. The van der Waals surface area contributed by atoms with Crippen molar-refractivity contribution in [2.24, 2.45) is 0 Å². The van der Waals surface area contributed by atoms with Crippen LogP contribution >= 0.6 is 23.4 Å². The summed E-state index contributed by atoms with van der Waals surface area (Å²) in [5.74, 6) is 0.747. The van der Waals surface area contributed by atoms with E-state index < -0.39 is 15.8 Å². The number of anilines is 1. The molecule has 0 saturated carbocycles. The Morgan fingerprint density at radius 1 is 1.53 bits per heavy atom. The fraction of sp³-hybridized carbons (Fsp3) is 0.455. The number of thioether (sulfide) groups is 1. The van der Waals surface area contributed by atoms with Gasteiger partial charge in [-0.2, -0.15) is 16.1 Å². The van der Waals surface area contributed by atoms with Gasteiger partial charge in [0.1, 0.15) is 10.7 Å². The molecule has 0 aliphatic carbocycles. The lowest BCUT2D eigenvalue weighted by Gasteiger charge is -2.32. The molecule has 2 N–H and O–H groups in total. The molecule has 1 saturated heterocycles. The van der Waals surface area contributed by atoms with Gasteiger partial charge in [-0.3, -0.25) is 0 Å². The van der Waals surface area contributed by atoms with Gasteiger partial charge in [0.15, 0.2) is 0 Å². The Morgan fingerprint density at radius 2 is 2.21 bits per heavy atom. The third-order valence-corrected chi connectivity index (χ3v) is 6.61. The minimum atomic E-state index is -3.74. The molecule has 8 heteroatoms. The number of hydrogen-bond acceptors (Lipinski definition) is 4. The maximum atomic E-state index is 13.2. The number of nitrogens with two attached hydrogens (primary N) is 1. The molecule has 1 aromatic carbocycles. The first-order valence-corrected chi connectivity index (χ1v) is 8.65. The van der Waals surface area contributed by atoms with Crippen LogP contribution in [0.25, 0.3) is 0 Å². The highest BCUT2D eigenvalue weighted by molar-refractivity contribution is 7.99. The Labute approximate surface area is 121 Å². The summed E-state index contributed by atoms with van der Waals surface area (Å²) in [6.45, 7) is 2.26. The van der Waals surface area contributed by atoms with Crippen LogP contribution in [0.1, 0.15) is 6.92 Å². The van der Waals surface area contributed by atoms with E-state index in [-0.39, 0.29) is 21.6 Å². The van der Waals surface area contributed by atoms with E-state index >= 15 is 0 Å². The lowest BCUT2D eigenvalue weighted by atomic mass is 10.3. The average molecular weight is 325 g/mol. The van der Waals surface area contributed by atoms with Gasteiger partial charge in [-0.1, -0.05) is 11.6 Å². The molecule has 0 amide bonds. The highest BCUT2D eigenvalue weighted by Crippen LogP contribution is 2.31. The summed E-state index contributed by atoms with van der Waals surface area (Å²) < 4.78 is 39.7. The van der Waals surface area contributed by atoms with E-state index in [1.54, 1.807) is 11.8 Å². The molecule has 1 aliphatic heterocycles. The summed E-state index contributed by atoms with van der Waals surface area (Å²) >= 11 is 7.55. The average Bonchev–Trinajstić information content (AvgIpc) is 2.34. The fourth-order valence-corrected chi connectivity index (χ4v) is 5.32. The van der Waals surface area contributed by atoms with Crippen molar-refractivity contribution in [1.29, 1.82) is 0 Å². The van der Waals surface area contributed by atoms with Crippen molar-refractivity contribution in [2.45, 2.75) is 17.9 Å². The number of rotatable bonds is 2. The molecule has 4 nitrogen and oxygen atoms in total. The van der Waals surface area contributed by atoms with Gasteiger partial charge in [0, 0.05) is 24.1 Å². The second kappa shape index (κ2) is 5.47. The number of hydrogen-bond donors (Lipinski definition) is 1. The lowest BCUT2D eigenvalue weighted by Crippen LogP contribution is -2.44. The Kier molecular flexibility index (Phi) is 4.29. The van der Waals surface area contributed by atoms with Crippen molar-refractivity contribution in [2.75, 3.05) is 23.8 Å². The molecule has 1 fully saturated rings.